The average molecular weight is 384 g/mol. The highest BCUT2D eigenvalue weighted by Crippen LogP contribution is 2.31. The zero-order valence-electron chi connectivity index (χ0n) is 13.2. The third kappa shape index (κ3) is 3.91. The molecule has 3 rings (SSSR count). The number of anilines is 3. The fourth-order valence-electron chi connectivity index (χ4n) is 2.13. The number of aromatic nitrogens is 2. The lowest BCUT2D eigenvalue weighted by molar-refractivity contribution is 0.102. The first-order valence-corrected chi connectivity index (χ1v) is 8.19. The molecule has 1 aromatic heterocycles. The lowest BCUT2D eigenvalue weighted by atomic mass is 10.2. The van der Waals surface area contributed by atoms with Gasteiger partial charge < -0.3 is 10.6 Å². The van der Waals surface area contributed by atoms with Crippen molar-refractivity contribution in [2.24, 2.45) is 0 Å². The van der Waals surface area contributed by atoms with Gasteiger partial charge in [-0.05, 0) is 36.4 Å². The van der Waals surface area contributed by atoms with Crippen LogP contribution in [-0.2, 0) is 0 Å². The van der Waals surface area contributed by atoms with Crippen molar-refractivity contribution in [3.63, 3.8) is 0 Å². The quantitative estimate of drug-likeness (QED) is 0.683. The standard InChI is InChI=1S/C18H11Cl2N5O/c19-12-5-3-7-14(17(12)20)22-16-9-8-15(24-25-16)18(26)23-13-6-2-1-4-11(13)10-21/h1-9H,(H,22,25)(H,23,26). The Kier molecular flexibility index (Phi) is 5.32. The van der Waals surface area contributed by atoms with E-state index in [1.54, 1.807) is 48.5 Å². The summed E-state index contributed by atoms with van der Waals surface area (Å²) in [4.78, 5) is 12.3. The third-order valence-corrected chi connectivity index (χ3v) is 4.23. The molecule has 0 fully saturated rings. The molecule has 1 heterocycles. The summed E-state index contributed by atoms with van der Waals surface area (Å²) in [7, 11) is 0. The van der Waals surface area contributed by atoms with Gasteiger partial charge in [-0.25, -0.2) is 0 Å². The van der Waals surface area contributed by atoms with Crippen LogP contribution in [0.1, 0.15) is 16.1 Å². The van der Waals surface area contributed by atoms with E-state index in [0.717, 1.165) is 0 Å². The first kappa shape index (κ1) is 17.7. The van der Waals surface area contributed by atoms with E-state index in [1.807, 2.05) is 6.07 Å². The minimum Gasteiger partial charge on any atom is -0.337 e. The number of hydrogen-bond acceptors (Lipinski definition) is 5. The maximum Gasteiger partial charge on any atom is 0.276 e. The fourth-order valence-corrected chi connectivity index (χ4v) is 2.48. The van der Waals surface area contributed by atoms with Crippen LogP contribution in [0.3, 0.4) is 0 Å². The Labute approximate surface area is 159 Å². The number of nitrogens with zero attached hydrogens (tertiary/aromatic N) is 3. The number of benzene rings is 2. The number of carbonyl (C=O) groups excluding carboxylic acids is 1. The zero-order chi connectivity index (χ0) is 18.5. The second-order valence-corrected chi connectivity index (χ2v) is 5.93. The number of amides is 1. The molecule has 128 valence electrons. The second-order valence-electron chi connectivity index (χ2n) is 5.14. The van der Waals surface area contributed by atoms with Crippen LogP contribution in [0.5, 0.6) is 0 Å². The molecular weight excluding hydrogens is 373 g/mol. The normalized spacial score (nSPS) is 10.0. The molecular formula is C18H11Cl2N5O. The topological polar surface area (TPSA) is 90.7 Å². The molecule has 2 N–H and O–H groups in total. The van der Waals surface area contributed by atoms with Gasteiger partial charge in [-0.3, -0.25) is 4.79 Å². The number of carbonyl (C=O) groups is 1. The number of nitrogens with one attached hydrogen (secondary N) is 2. The summed E-state index contributed by atoms with van der Waals surface area (Å²) >= 11 is 12.1. The molecule has 6 nitrogen and oxygen atoms in total. The van der Waals surface area contributed by atoms with Gasteiger partial charge in [0, 0.05) is 0 Å². The summed E-state index contributed by atoms with van der Waals surface area (Å²) in [5, 5.41) is 23.3. The summed E-state index contributed by atoms with van der Waals surface area (Å²) in [6.07, 6.45) is 0. The van der Waals surface area contributed by atoms with Crippen LogP contribution in [0, 0.1) is 11.3 Å². The molecule has 0 saturated carbocycles. The van der Waals surface area contributed by atoms with Gasteiger partial charge in [0.05, 0.1) is 27.0 Å². The second kappa shape index (κ2) is 7.83. The lowest BCUT2D eigenvalue weighted by Gasteiger charge is -2.09. The summed E-state index contributed by atoms with van der Waals surface area (Å²) in [6.45, 7) is 0. The molecule has 8 heteroatoms. The molecule has 0 aliphatic carbocycles. The van der Waals surface area contributed by atoms with Crippen LogP contribution in [-0.4, -0.2) is 16.1 Å². The van der Waals surface area contributed by atoms with Crippen LogP contribution in [0.15, 0.2) is 54.6 Å². The van der Waals surface area contributed by atoms with Crippen molar-refractivity contribution in [2.45, 2.75) is 0 Å². The van der Waals surface area contributed by atoms with Gasteiger partial charge in [-0.1, -0.05) is 41.4 Å². The predicted octanol–water partition coefficient (Wildman–Crippen LogP) is 4.65. The van der Waals surface area contributed by atoms with E-state index in [4.69, 9.17) is 28.5 Å². The highest BCUT2D eigenvalue weighted by Gasteiger charge is 2.12. The van der Waals surface area contributed by atoms with Crippen molar-refractivity contribution in [3.8, 4) is 6.07 Å². The van der Waals surface area contributed by atoms with Gasteiger partial charge in [0.1, 0.15) is 6.07 Å². The number of nitriles is 1. The summed E-state index contributed by atoms with van der Waals surface area (Å²) in [5.41, 5.74) is 1.46. The molecule has 0 unspecified atom stereocenters. The minimum atomic E-state index is -0.465. The zero-order valence-corrected chi connectivity index (χ0v) is 14.7. The highest BCUT2D eigenvalue weighted by atomic mass is 35.5. The maximum atomic E-state index is 12.3. The molecule has 0 saturated heterocycles. The monoisotopic (exact) mass is 383 g/mol. The summed E-state index contributed by atoms with van der Waals surface area (Å²) < 4.78 is 0. The van der Waals surface area contributed by atoms with Crippen LogP contribution >= 0.6 is 23.2 Å². The lowest BCUT2D eigenvalue weighted by Crippen LogP contribution is -2.15. The van der Waals surface area contributed by atoms with Gasteiger partial charge in [-0.15, -0.1) is 10.2 Å². The van der Waals surface area contributed by atoms with Gasteiger partial charge >= 0.3 is 0 Å². The van der Waals surface area contributed by atoms with Crippen LogP contribution < -0.4 is 10.6 Å². The average Bonchev–Trinajstić information content (AvgIpc) is 2.66. The van der Waals surface area contributed by atoms with E-state index in [0.29, 0.717) is 32.8 Å². The summed E-state index contributed by atoms with van der Waals surface area (Å²) in [5.74, 6) is -0.0596. The predicted molar refractivity (Wildman–Crippen MR) is 101 cm³/mol. The first-order chi connectivity index (χ1) is 12.6. The molecule has 1 amide bonds. The minimum absolute atomic E-state index is 0.112. The van der Waals surface area contributed by atoms with E-state index in [-0.39, 0.29) is 5.69 Å². The molecule has 0 atom stereocenters. The van der Waals surface area contributed by atoms with Crippen LogP contribution in [0.2, 0.25) is 10.0 Å². The third-order valence-electron chi connectivity index (χ3n) is 3.41. The van der Waals surface area contributed by atoms with Crippen LogP contribution in [0.25, 0.3) is 0 Å². The van der Waals surface area contributed by atoms with Crippen molar-refractivity contribution < 1.29 is 4.79 Å². The fraction of sp³-hybridized carbons (Fsp3) is 0. The smallest absolute Gasteiger partial charge is 0.276 e. The Hall–Kier alpha value is -3.14. The highest BCUT2D eigenvalue weighted by molar-refractivity contribution is 6.43. The Balaban J connectivity index is 1.74. The molecule has 0 aliphatic heterocycles. The first-order valence-electron chi connectivity index (χ1n) is 7.43. The summed E-state index contributed by atoms with van der Waals surface area (Å²) in [6, 6.07) is 17.0. The van der Waals surface area contributed by atoms with Crippen molar-refractivity contribution in [3.05, 3.63) is 75.9 Å². The van der Waals surface area contributed by atoms with Gasteiger partial charge in [0.25, 0.3) is 5.91 Å². The molecule has 2 aromatic carbocycles. The SMILES string of the molecule is N#Cc1ccccc1NC(=O)c1ccc(Nc2cccc(Cl)c2Cl)nn1. The van der Waals surface area contributed by atoms with E-state index in [2.05, 4.69) is 20.8 Å². The van der Waals surface area contributed by atoms with E-state index in [1.165, 1.54) is 6.07 Å². The molecule has 26 heavy (non-hydrogen) atoms. The molecule has 0 radical (unpaired) electrons. The number of para-hydroxylation sites is 1. The Morgan fingerprint density at radius 3 is 2.46 bits per heavy atom. The van der Waals surface area contributed by atoms with Crippen molar-refractivity contribution >= 4 is 46.3 Å². The molecule has 0 bridgehead atoms. The van der Waals surface area contributed by atoms with E-state index >= 15 is 0 Å². The molecule has 0 spiro atoms. The largest absolute Gasteiger partial charge is 0.337 e. The van der Waals surface area contributed by atoms with Crippen molar-refractivity contribution in [2.75, 3.05) is 10.6 Å². The maximum absolute atomic E-state index is 12.3. The van der Waals surface area contributed by atoms with Crippen molar-refractivity contribution in [1.29, 1.82) is 5.26 Å². The van der Waals surface area contributed by atoms with Gasteiger partial charge in [-0.2, -0.15) is 5.26 Å². The number of rotatable bonds is 4. The Morgan fingerprint density at radius 1 is 0.962 bits per heavy atom. The molecule has 3 aromatic rings. The van der Waals surface area contributed by atoms with Gasteiger partial charge in [0.2, 0.25) is 0 Å². The van der Waals surface area contributed by atoms with Gasteiger partial charge in [0.15, 0.2) is 11.5 Å². The van der Waals surface area contributed by atoms with Crippen molar-refractivity contribution in [1.82, 2.24) is 10.2 Å². The molecule has 0 aliphatic rings. The number of hydrogen-bond donors (Lipinski definition) is 2. The van der Waals surface area contributed by atoms with E-state index < -0.39 is 5.91 Å². The number of halogens is 2. The Bertz CT molecular complexity index is 999. The van der Waals surface area contributed by atoms with E-state index in [9.17, 15) is 4.79 Å². The Morgan fingerprint density at radius 2 is 1.73 bits per heavy atom. The van der Waals surface area contributed by atoms with Crippen LogP contribution in [0.4, 0.5) is 17.2 Å².